The van der Waals surface area contributed by atoms with Crippen molar-refractivity contribution in [1.82, 2.24) is 4.90 Å². The second kappa shape index (κ2) is 9.26. The third-order valence-electron chi connectivity index (χ3n) is 4.59. The summed E-state index contributed by atoms with van der Waals surface area (Å²) in [5, 5.41) is 0. The van der Waals surface area contributed by atoms with Gasteiger partial charge in [0, 0.05) is 18.5 Å². The minimum Gasteiger partial charge on any atom is -0.486 e. The van der Waals surface area contributed by atoms with E-state index < -0.39 is 0 Å². The Morgan fingerprint density at radius 2 is 1.79 bits per heavy atom. The summed E-state index contributed by atoms with van der Waals surface area (Å²) in [6.45, 7) is 5.04. The first-order chi connectivity index (χ1) is 13.6. The Bertz CT molecular complexity index is 818. The number of rotatable bonds is 8. The highest BCUT2D eigenvalue weighted by molar-refractivity contribution is 5.95. The lowest BCUT2D eigenvalue weighted by Crippen LogP contribution is -2.45. The Labute approximate surface area is 165 Å². The minimum atomic E-state index is -0.224. The molecule has 1 aliphatic heterocycles. The first-order valence-electron chi connectivity index (χ1n) is 9.53. The number of nitrogens with zero attached hydrogens (tertiary/aromatic N) is 1. The van der Waals surface area contributed by atoms with Gasteiger partial charge in [-0.05, 0) is 43.3 Å². The minimum absolute atomic E-state index is 0.0704. The van der Waals surface area contributed by atoms with E-state index in [4.69, 9.17) is 14.2 Å². The van der Waals surface area contributed by atoms with Gasteiger partial charge in [-0.15, -0.1) is 0 Å². The highest BCUT2D eigenvalue weighted by Crippen LogP contribution is 2.31. The van der Waals surface area contributed by atoms with E-state index in [0.29, 0.717) is 43.2 Å². The van der Waals surface area contributed by atoms with E-state index in [1.165, 1.54) is 0 Å². The maximum Gasteiger partial charge on any atom is 0.260 e. The van der Waals surface area contributed by atoms with Gasteiger partial charge in [0.1, 0.15) is 12.4 Å². The molecule has 6 heteroatoms. The molecule has 2 aromatic rings. The zero-order valence-corrected chi connectivity index (χ0v) is 16.2. The van der Waals surface area contributed by atoms with Crippen LogP contribution < -0.4 is 14.2 Å². The summed E-state index contributed by atoms with van der Waals surface area (Å²) in [5.41, 5.74) is 0.645. The molecular weight excluding hydrogens is 358 g/mol. The average molecular weight is 383 g/mol. The van der Waals surface area contributed by atoms with E-state index in [2.05, 4.69) is 0 Å². The largest absolute Gasteiger partial charge is 0.486 e. The molecule has 0 saturated heterocycles. The molecular formula is C22H25NO5. The van der Waals surface area contributed by atoms with E-state index in [0.717, 1.165) is 5.75 Å². The van der Waals surface area contributed by atoms with Gasteiger partial charge in [-0.1, -0.05) is 19.1 Å². The molecule has 1 atom stereocenters. The number of ketones is 1. The van der Waals surface area contributed by atoms with Crippen LogP contribution in [0.3, 0.4) is 0 Å². The van der Waals surface area contributed by atoms with E-state index in [-0.39, 0.29) is 24.4 Å². The normalized spacial score (nSPS) is 15.0. The molecule has 3 rings (SSSR count). The highest BCUT2D eigenvalue weighted by Gasteiger charge is 2.25. The molecule has 0 aliphatic carbocycles. The fourth-order valence-corrected chi connectivity index (χ4v) is 2.98. The van der Waals surface area contributed by atoms with Crippen molar-refractivity contribution in [3.05, 3.63) is 54.1 Å². The predicted octanol–water partition coefficient (Wildman–Crippen LogP) is 3.35. The lowest BCUT2D eigenvalue weighted by atomic mass is 10.1. The quantitative estimate of drug-likeness (QED) is 0.654. The summed E-state index contributed by atoms with van der Waals surface area (Å²) < 4.78 is 17.2. The van der Waals surface area contributed by atoms with Gasteiger partial charge in [0.2, 0.25) is 0 Å². The number of hydrogen-bond acceptors (Lipinski definition) is 5. The molecule has 0 saturated carbocycles. The van der Waals surface area contributed by atoms with Crippen LogP contribution in [0.25, 0.3) is 0 Å². The van der Waals surface area contributed by atoms with Crippen LogP contribution in [-0.4, -0.2) is 49.0 Å². The number of benzene rings is 2. The summed E-state index contributed by atoms with van der Waals surface area (Å²) in [6.07, 6.45) is 0.236. The number of carbonyl (C=O) groups excluding carboxylic acids is 2. The van der Waals surface area contributed by atoms with Crippen molar-refractivity contribution in [3.8, 4) is 17.2 Å². The molecule has 0 bridgehead atoms. The zero-order chi connectivity index (χ0) is 19.9. The fraction of sp³-hybridized carbons (Fsp3) is 0.364. The molecule has 0 N–H and O–H groups in total. The SMILES string of the molecule is CCC(=O)c1ccc(OCC(=O)N(CC)CC2COc3ccccc3O2)cc1. The number of fused-ring (bicyclic) bond motifs is 1. The first-order valence-corrected chi connectivity index (χ1v) is 9.53. The van der Waals surface area contributed by atoms with E-state index >= 15 is 0 Å². The molecule has 0 fully saturated rings. The molecule has 1 aliphatic rings. The van der Waals surface area contributed by atoms with Crippen LogP contribution in [0.4, 0.5) is 0 Å². The van der Waals surface area contributed by atoms with E-state index in [1.807, 2.05) is 38.1 Å². The molecule has 0 spiro atoms. The number of carbonyl (C=O) groups is 2. The molecule has 0 radical (unpaired) electrons. The highest BCUT2D eigenvalue weighted by atomic mass is 16.6. The van der Waals surface area contributed by atoms with Gasteiger partial charge in [0.25, 0.3) is 5.91 Å². The molecule has 0 aromatic heterocycles. The van der Waals surface area contributed by atoms with E-state index in [9.17, 15) is 9.59 Å². The van der Waals surface area contributed by atoms with Crippen molar-refractivity contribution < 1.29 is 23.8 Å². The Balaban J connectivity index is 1.52. The monoisotopic (exact) mass is 383 g/mol. The maximum atomic E-state index is 12.5. The van der Waals surface area contributed by atoms with Crippen LogP contribution in [0, 0.1) is 0 Å². The van der Waals surface area contributed by atoms with Gasteiger partial charge in [-0.2, -0.15) is 0 Å². The van der Waals surface area contributed by atoms with Crippen LogP contribution in [-0.2, 0) is 4.79 Å². The molecule has 6 nitrogen and oxygen atoms in total. The first kappa shape index (κ1) is 19.7. The molecule has 148 valence electrons. The molecule has 1 unspecified atom stereocenters. The second-order valence-electron chi connectivity index (χ2n) is 6.52. The summed E-state index contributed by atoms with van der Waals surface area (Å²) in [6, 6.07) is 14.4. The lowest BCUT2D eigenvalue weighted by Gasteiger charge is -2.30. The Morgan fingerprint density at radius 3 is 2.46 bits per heavy atom. The molecule has 2 aromatic carbocycles. The van der Waals surface area contributed by atoms with Crippen molar-refractivity contribution >= 4 is 11.7 Å². The van der Waals surface area contributed by atoms with Crippen LogP contribution >= 0.6 is 0 Å². The maximum absolute atomic E-state index is 12.5. The van der Waals surface area contributed by atoms with Crippen LogP contribution in [0.15, 0.2) is 48.5 Å². The third kappa shape index (κ3) is 4.82. The average Bonchev–Trinajstić information content (AvgIpc) is 2.75. The van der Waals surface area contributed by atoms with Crippen LogP contribution in [0.1, 0.15) is 30.6 Å². The second-order valence-corrected chi connectivity index (χ2v) is 6.52. The summed E-state index contributed by atoms with van der Waals surface area (Å²) in [7, 11) is 0. The zero-order valence-electron chi connectivity index (χ0n) is 16.2. The van der Waals surface area contributed by atoms with Crippen molar-refractivity contribution in [3.63, 3.8) is 0 Å². The summed E-state index contributed by atoms with van der Waals surface area (Å²) in [5.74, 6) is 1.93. The molecule has 1 amide bonds. The van der Waals surface area contributed by atoms with Gasteiger partial charge < -0.3 is 19.1 Å². The van der Waals surface area contributed by atoms with Crippen LogP contribution in [0.2, 0.25) is 0 Å². The van der Waals surface area contributed by atoms with Crippen molar-refractivity contribution in [2.75, 3.05) is 26.3 Å². The Hall–Kier alpha value is -3.02. The topological polar surface area (TPSA) is 65.1 Å². The Kier molecular flexibility index (Phi) is 6.53. The number of ether oxygens (including phenoxy) is 3. The number of amides is 1. The van der Waals surface area contributed by atoms with Crippen LogP contribution in [0.5, 0.6) is 17.2 Å². The van der Waals surface area contributed by atoms with Gasteiger partial charge >= 0.3 is 0 Å². The third-order valence-corrected chi connectivity index (χ3v) is 4.59. The van der Waals surface area contributed by atoms with Gasteiger partial charge in [-0.3, -0.25) is 9.59 Å². The van der Waals surface area contributed by atoms with Crippen molar-refractivity contribution in [2.45, 2.75) is 26.4 Å². The molecule has 28 heavy (non-hydrogen) atoms. The van der Waals surface area contributed by atoms with Crippen molar-refractivity contribution in [1.29, 1.82) is 0 Å². The van der Waals surface area contributed by atoms with Gasteiger partial charge in [-0.25, -0.2) is 0 Å². The van der Waals surface area contributed by atoms with Crippen molar-refractivity contribution in [2.24, 2.45) is 0 Å². The standard InChI is InChI=1S/C22H25NO5/c1-3-19(24)16-9-11-17(12-10-16)26-15-22(25)23(4-2)13-18-14-27-20-7-5-6-8-21(20)28-18/h5-12,18H,3-4,13-15H2,1-2H3. The smallest absolute Gasteiger partial charge is 0.260 e. The number of Topliss-reactive ketones (excluding diaryl/α,β-unsaturated/α-hetero) is 1. The Morgan fingerprint density at radius 1 is 1.07 bits per heavy atom. The summed E-state index contributed by atoms with van der Waals surface area (Å²) in [4.78, 5) is 25.9. The fourth-order valence-electron chi connectivity index (χ4n) is 2.98. The number of likely N-dealkylation sites (N-methyl/N-ethyl adjacent to an activating group) is 1. The van der Waals surface area contributed by atoms with Gasteiger partial charge in [0.15, 0.2) is 30.0 Å². The number of para-hydroxylation sites is 2. The predicted molar refractivity (Wildman–Crippen MR) is 105 cm³/mol. The number of hydrogen-bond donors (Lipinski definition) is 0. The lowest BCUT2D eigenvalue weighted by molar-refractivity contribution is -0.134. The summed E-state index contributed by atoms with van der Waals surface area (Å²) >= 11 is 0. The van der Waals surface area contributed by atoms with Gasteiger partial charge in [0.05, 0.1) is 6.54 Å². The molecule has 1 heterocycles. The van der Waals surface area contributed by atoms with E-state index in [1.54, 1.807) is 29.2 Å².